The molecule has 4 heteroatoms. The number of unbranched alkanes of at least 4 members (excludes halogenated alkanes) is 2. The van der Waals surface area contributed by atoms with E-state index in [0.29, 0.717) is 12.3 Å². The monoisotopic (exact) mass is 300 g/mol. The lowest BCUT2D eigenvalue weighted by Crippen LogP contribution is -2.20. The van der Waals surface area contributed by atoms with Crippen molar-refractivity contribution in [2.45, 2.75) is 91.8 Å². The lowest BCUT2D eigenvalue weighted by atomic mass is 10.1. The van der Waals surface area contributed by atoms with Crippen LogP contribution in [0.2, 0.25) is 0 Å². The Morgan fingerprint density at radius 3 is 1.95 bits per heavy atom. The van der Waals surface area contributed by atoms with Gasteiger partial charge in [-0.15, -0.1) is 0 Å². The molecule has 0 radical (unpaired) electrons. The minimum Gasteiger partial charge on any atom is -0.463 e. The smallest absolute Gasteiger partial charge is 0.306 e. The molecule has 4 nitrogen and oxygen atoms in total. The second kappa shape index (κ2) is 11.6. The number of hydrogen-bond donors (Lipinski definition) is 0. The van der Waals surface area contributed by atoms with Gasteiger partial charge < -0.3 is 9.47 Å². The molecule has 2 unspecified atom stereocenters. The van der Waals surface area contributed by atoms with Gasteiger partial charge in [0.1, 0.15) is 6.10 Å². The summed E-state index contributed by atoms with van der Waals surface area (Å²) in [4.78, 5) is 23.2. The minimum absolute atomic E-state index is 0.0306. The highest BCUT2D eigenvalue weighted by atomic mass is 16.5. The normalized spacial score (nSPS) is 13.8. The molecule has 0 fully saturated rings. The van der Waals surface area contributed by atoms with E-state index in [9.17, 15) is 9.59 Å². The first kappa shape index (κ1) is 19.9. The van der Waals surface area contributed by atoms with Gasteiger partial charge in [0.25, 0.3) is 0 Å². The highest BCUT2D eigenvalue weighted by molar-refractivity contribution is 5.72. The van der Waals surface area contributed by atoms with Gasteiger partial charge in [-0.2, -0.15) is 0 Å². The number of ether oxygens (including phenoxy) is 2. The van der Waals surface area contributed by atoms with E-state index < -0.39 is 0 Å². The van der Waals surface area contributed by atoms with Crippen molar-refractivity contribution in [3.8, 4) is 0 Å². The highest BCUT2D eigenvalue weighted by Crippen LogP contribution is 2.10. The molecule has 0 heterocycles. The topological polar surface area (TPSA) is 52.6 Å². The predicted octanol–water partition coefficient (Wildman–Crippen LogP) is 4.26. The molecule has 0 saturated carbocycles. The molecule has 0 aromatic rings. The van der Waals surface area contributed by atoms with E-state index in [1.165, 1.54) is 6.42 Å². The lowest BCUT2D eigenvalue weighted by molar-refractivity contribution is -0.151. The fourth-order valence-corrected chi connectivity index (χ4v) is 1.80. The first-order valence-electron chi connectivity index (χ1n) is 8.25. The van der Waals surface area contributed by atoms with E-state index in [0.717, 1.165) is 19.3 Å². The Kier molecular flexibility index (Phi) is 11.0. The Bertz CT molecular complexity index is 299. The third kappa shape index (κ3) is 11.3. The van der Waals surface area contributed by atoms with Crippen LogP contribution in [-0.2, 0) is 19.1 Å². The summed E-state index contributed by atoms with van der Waals surface area (Å²) in [7, 11) is 0. The van der Waals surface area contributed by atoms with Crippen molar-refractivity contribution in [3.05, 3.63) is 0 Å². The molecule has 0 aliphatic carbocycles. The third-order valence-electron chi connectivity index (χ3n) is 3.56. The fourth-order valence-electron chi connectivity index (χ4n) is 1.80. The first-order chi connectivity index (χ1) is 9.86. The number of rotatable bonds is 11. The quantitative estimate of drug-likeness (QED) is 0.422. The largest absolute Gasteiger partial charge is 0.463 e. The van der Waals surface area contributed by atoms with E-state index in [4.69, 9.17) is 9.47 Å². The summed E-state index contributed by atoms with van der Waals surface area (Å²) in [6.07, 6.45) is 5.26. The molecule has 124 valence electrons. The Morgan fingerprint density at radius 2 is 1.43 bits per heavy atom. The van der Waals surface area contributed by atoms with Gasteiger partial charge in [0, 0.05) is 12.8 Å². The van der Waals surface area contributed by atoms with Gasteiger partial charge in [-0.1, -0.05) is 33.6 Å². The Hall–Kier alpha value is -1.06. The third-order valence-corrected chi connectivity index (χ3v) is 3.56. The van der Waals surface area contributed by atoms with Gasteiger partial charge in [-0.25, -0.2) is 0 Å². The summed E-state index contributed by atoms with van der Waals surface area (Å²) >= 11 is 0. The van der Waals surface area contributed by atoms with E-state index in [1.54, 1.807) is 0 Å². The van der Waals surface area contributed by atoms with Crippen LogP contribution in [0, 0.1) is 5.92 Å². The molecule has 0 aromatic carbocycles. The number of carbonyl (C=O) groups excluding carboxylic acids is 2. The Morgan fingerprint density at radius 1 is 0.857 bits per heavy atom. The van der Waals surface area contributed by atoms with Crippen molar-refractivity contribution in [2.24, 2.45) is 5.92 Å². The van der Waals surface area contributed by atoms with Crippen molar-refractivity contribution in [3.63, 3.8) is 0 Å². The minimum atomic E-state index is -0.236. The maximum atomic E-state index is 11.6. The molecule has 0 amide bonds. The van der Waals surface area contributed by atoms with Crippen LogP contribution in [0.5, 0.6) is 0 Å². The summed E-state index contributed by atoms with van der Waals surface area (Å²) in [6, 6.07) is 0. The van der Waals surface area contributed by atoms with Crippen LogP contribution in [0.3, 0.4) is 0 Å². The number of hydrogen-bond acceptors (Lipinski definition) is 4. The van der Waals surface area contributed by atoms with Crippen LogP contribution in [0.25, 0.3) is 0 Å². The van der Waals surface area contributed by atoms with Gasteiger partial charge in [0.2, 0.25) is 0 Å². The van der Waals surface area contributed by atoms with Crippen molar-refractivity contribution in [2.75, 3.05) is 0 Å². The van der Waals surface area contributed by atoms with E-state index in [1.807, 2.05) is 27.7 Å². The second-order valence-electron chi connectivity index (χ2n) is 6.09. The van der Waals surface area contributed by atoms with Crippen LogP contribution in [0.4, 0.5) is 0 Å². The number of carbonyl (C=O) groups is 2. The predicted molar refractivity (Wildman–Crippen MR) is 83.9 cm³/mol. The average Bonchev–Trinajstić information content (AvgIpc) is 2.38. The van der Waals surface area contributed by atoms with Gasteiger partial charge in [-0.05, 0) is 39.0 Å². The van der Waals surface area contributed by atoms with Crippen molar-refractivity contribution < 1.29 is 19.1 Å². The standard InChI is InChI=1S/C17H32O4/c1-6-7-8-10-14(4)20-16(18)11-9-12-17(19)21-15(5)13(2)3/h13-15H,6-12H2,1-5H3. The van der Waals surface area contributed by atoms with Gasteiger partial charge in [0.05, 0.1) is 6.10 Å². The molecule has 2 atom stereocenters. The SMILES string of the molecule is CCCCCC(C)OC(=O)CCCC(=O)OC(C)C(C)C. The lowest BCUT2D eigenvalue weighted by Gasteiger charge is -2.16. The highest BCUT2D eigenvalue weighted by Gasteiger charge is 2.14. The van der Waals surface area contributed by atoms with Gasteiger partial charge in [-0.3, -0.25) is 9.59 Å². The van der Waals surface area contributed by atoms with Gasteiger partial charge >= 0.3 is 11.9 Å². The molecular weight excluding hydrogens is 268 g/mol. The molecule has 0 saturated heterocycles. The zero-order valence-electron chi connectivity index (χ0n) is 14.3. The van der Waals surface area contributed by atoms with Crippen molar-refractivity contribution in [1.82, 2.24) is 0 Å². The summed E-state index contributed by atoms with van der Waals surface area (Å²) in [5.41, 5.74) is 0. The summed E-state index contributed by atoms with van der Waals surface area (Å²) < 4.78 is 10.6. The van der Waals surface area contributed by atoms with E-state index >= 15 is 0 Å². The van der Waals surface area contributed by atoms with Crippen LogP contribution in [0.1, 0.15) is 79.6 Å². The molecule has 21 heavy (non-hydrogen) atoms. The zero-order valence-corrected chi connectivity index (χ0v) is 14.3. The van der Waals surface area contributed by atoms with Crippen LogP contribution >= 0.6 is 0 Å². The summed E-state index contributed by atoms with van der Waals surface area (Å²) in [6.45, 7) is 9.97. The molecule has 0 N–H and O–H groups in total. The molecule has 0 aromatic heterocycles. The van der Waals surface area contributed by atoms with E-state index in [2.05, 4.69) is 6.92 Å². The summed E-state index contributed by atoms with van der Waals surface area (Å²) in [5.74, 6) is -0.147. The second-order valence-corrected chi connectivity index (χ2v) is 6.09. The Balaban J connectivity index is 3.71. The number of esters is 2. The Labute approximate surface area is 129 Å². The average molecular weight is 300 g/mol. The molecule has 0 spiro atoms. The molecule has 0 bridgehead atoms. The molecule has 0 aliphatic rings. The summed E-state index contributed by atoms with van der Waals surface area (Å²) in [5, 5.41) is 0. The maximum Gasteiger partial charge on any atom is 0.306 e. The first-order valence-corrected chi connectivity index (χ1v) is 8.25. The fraction of sp³-hybridized carbons (Fsp3) is 0.882. The van der Waals surface area contributed by atoms with Crippen molar-refractivity contribution >= 4 is 11.9 Å². The van der Waals surface area contributed by atoms with E-state index in [-0.39, 0.29) is 37.0 Å². The maximum absolute atomic E-state index is 11.6. The van der Waals surface area contributed by atoms with Crippen LogP contribution in [0.15, 0.2) is 0 Å². The van der Waals surface area contributed by atoms with Crippen LogP contribution < -0.4 is 0 Å². The van der Waals surface area contributed by atoms with Gasteiger partial charge in [0.15, 0.2) is 0 Å². The van der Waals surface area contributed by atoms with Crippen molar-refractivity contribution in [1.29, 1.82) is 0 Å². The molecular formula is C17H32O4. The zero-order chi connectivity index (χ0) is 16.3. The molecule has 0 aliphatic heterocycles. The molecule has 0 rings (SSSR count). The van der Waals surface area contributed by atoms with Crippen LogP contribution in [-0.4, -0.2) is 24.1 Å².